The number of nitrogens with one attached hydrogen (secondary N) is 1. The van der Waals surface area contributed by atoms with E-state index in [9.17, 15) is 17.6 Å². The van der Waals surface area contributed by atoms with Crippen molar-refractivity contribution in [2.24, 2.45) is 5.92 Å². The smallest absolute Gasteiger partial charge is 0.322 e. The van der Waals surface area contributed by atoms with E-state index in [1.807, 2.05) is 0 Å². The normalized spacial score (nSPS) is 20.8. The SMILES string of the molecule is O=C(O)C(NS(=O)(=O)c1cncc(F)c1)C1CCOC1. The van der Waals surface area contributed by atoms with Crippen LogP contribution in [-0.4, -0.2) is 43.7 Å². The molecule has 0 bridgehead atoms. The van der Waals surface area contributed by atoms with Crippen LogP contribution in [-0.2, 0) is 19.6 Å². The minimum Gasteiger partial charge on any atom is -0.480 e. The Hall–Kier alpha value is -1.58. The summed E-state index contributed by atoms with van der Waals surface area (Å²) in [6, 6.07) is -0.537. The first-order chi connectivity index (χ1) is 9.40. The number of hydrogen-bond acceptors (Lipinski definition) is 5. The van der Waals surface area contributed by atoms with Crippen molar-refractivity contribution in [1.29, 1.82) is 0 Å². The first kappa shape index (κ1) is 14.8. The zero-order chi connectivity index (χ0) is 14.8. The predicted molar refractivity (Wildman–Crippen MR) is 64.9 cm³/mol. The highest BCUT2D eigenvalue weighted by atomic mass is 32.2. The van der Waals surface area contributed by atoms with E-state index in [1.165, 1.54) is 0 Å². The second kappa shape index (κ2) is 5.81. The molecule has 0 saturated carbocycles. The summed E-state index contributed by atoms with van der Waals surface area (Å²) in [7, 11) is -4.15. The Morgan fingerprint density at radius 1 is 1.55 bits per heavy atom. The van der Waals surface area contributed by atoms with Crippen molar-refractivity contribution in [3.05, 3.63) is 24.3 Å². The van der Waals surface area contributed by atoms with Gasteiger partial charge in [0.25, 0.3) is 0 Å². The van der Waals surface area contributed by atoms with E-state index in [0.717, 1.165) is 18.5 Å². The minimum atomic E-state index is -4.15. The van der Waals surface area contributed by atoms with Crippen LogP contribution in [0.2, 0.25) is 0 Å². The van der Waals surface area contributed by atoms with E-state index >= 15 is 0 Å². The summed E-state index contributed by atoms with van der Waals surface area (Å²) in [5.74, 6) is -2.57. The van der Waals surface area contributed by atoms with Gasteiger partial charge in [-0.3, -0.25) is 9.78 Å². The quantitative estimate of drug-likeness (QED) is 0.792. The van der Waals surface area contributed by atoms with Gasteiger partial charge in [-0.25, -0.2) is 12.8 Å². The molecule has 1 aromatic heterocycles. The monoisotopic (exact) mass is 304 g/mol. The number of aromatic nitrogens is 1. The van der Waals surface area contributed by atoms with E-state index in [1.54, 1.807) is 0 Å². The summed E-state index contributed by atoms with van der Waals surface area (Å²) >= 11 is 0. The summed E-state index contributed by atoms with van der Waals surface area (Å²) < 4.78 is 44.2. The highest BCUT2D eigenvalue weighted by Crippen LogP contribution is 2.19. The number of ether oxygens (including phenoxy) is 1. The standard InChI is InChI=1S/C11H13FN2O5S/c12-8-3-9(5-13-4-8)20(17,18)14-10(11(15)16)7-1-2-19-6-7/h3-5,7,10,14H,1-2,6H2,(H,15,16). The third-order valence-electron chi connectivity index (χ3n) is 2.97. The van der Waals surface area contributed by atoms with Gasteiger partial charge in [0.2, 0.25) is 10.0 Å². The van der Waals surface area contributed by atoms with Gasteiger partial charge in [-0.1, -0.05) is 0 Å². The number of rotatable bonds is 5. The molecule has 2 atom stereocenters. The van der Waals surface area contributed by atoms with Crippen LogP contribution in [0.5, 0.6) is 0 Å². The van der Waals surface area contributed by atoms with Gasteiger partial charge >= 0.3 is 5.97 Å². The number of carbonyl (C=O) groups is 1. The average molecular weight is 304 g/mol. The zero-order valence-corrected chi connectivity index (χ0v) is 11.1. The lowest BCUT2D eigenvalue weighted by molar-refractivity contribution is -0.140. The molecular formula is C11H13FN2O5S. The lowest BCUT2D eigenvalue weighted by Gasteiger charge is -2.19. The van der Waals surface area contributed by atoms with Gasteiger partial charge in [-0.15, -0.1) is 0 Å². The number of aliphatic carboxylic acids is 1. The molecule has 2 unspecified atom stereocenters. The maximum atomic E-state index is 13.0. The van der Waals surface area contributed by atoms with E-state index in [4.69, 9.17) is 9.84 Å². The molecule has 0 aromatic carbocycles. The van der Waals surface area contributed by atoms with Gasteiger partial charge in [0.1, 0.15) is 16.8 Å². The Bertz CT molecular complexity index is 601. The van der Waals surface area contributed by atoms with Crippen LogP contribution in [0.1, 0.15) is 6.42 Å². The predicted octanol–water partition coefficient (Wildman–Crippen LogP) is -0.0113. The first-order valence-electron chi connectivity index (χ1n) is 5.83. The molecule has 9 heteroatoms. The molecule has 1 aliphatic heterocycles. The van der Waals surface area contributed by atoms with Gasteiger partial charge in [0.15, 0.2) is 0 Å². The second-order valence-electron chi connectivity index (χ2n) is 4.40. The van der Waals surface area contributed by atoms with Crippen LogP contribution in [0.25, 0.3) is 0 Å². The summed E-state index contributed by atoms with van der Waals surface area (Å²) in [5.41, 5.74) is 0. The van der Waals surface area contributed by atoms with Gasteiger partial charge in [0.05, 0.1) is 12.8 Å². The van der Waals surface area contributed by atoms with E-state index in [-0.39, 0.29) is 6.61 Å². The topological polar surface area (TPSA) is 106 Å². The molecule has 1 saturated heterocycles. The summed E-state index contributed by atoms with van der Waals surface area (Å²) in [6.07, 6.45) is 2.26. The van der Waals surface area contributed by atoms with Crippen LogP contribution in [0, 0.1) is 11.7 Å². The molecule has 0 radical (unpaired) electrons. The number of carboxylic acids is 1. The Morgan fingerprint density at radius 3 is 2.85 bits per heavy atom. The van der Waals surface area contributed by atoms with E-state index in [2.05, 4.69) is 9.71 Å². The number of hydrogen-bond donors (Lipinski definition) is 2. The van der Waals surface area contributed by atoms with Gasteiger partial charge in [0, 0.05) is 18.7 Å². The fourth-order valence-electron chi connectivity index (χ4n) is 1.94. The van der Waals surface area contributed by atoms with E-state index < -0.39 is 38.7 Å². The Balaban J connectivity index is 2.23. The zero-order valence-electron chi connectivity index (χ0n) is 10.3. The molecule has 0 spiro atoms. The highest BCUT2D eigenvalue weighted by Gasteiger charge is 2.35. The Labute approximate surface area is 114 Å². The Morgan fingerprint density at radius 2 is 2.30 bits per heavy atom. The molecule has 2 N–H and O–H groups in total. The molecule has 1 fully saturated rings. The van der Waals surface area contributed by atoms with Crippen molar-refractivity contribution in [2.45, 2.75) is 17.4 Å². The number of nitrogens with zero attached hydrogens (tertiary/aromatic N) is 1. The molecule has 1 aliphatic rings. The minimum absolute atomic E-state index is 0.168. The third kappa shape index (κ3) is 3.30. The fraction of sp³-hybridized carbons (Fsp3) is 0.455. The molecular weight excluding hydrogens is 291 g/mol. The number of carboxylic acid groups (broad SMARTS) is 1. The lowest BCUT2D eigenvalue weighted by atomic mass is 10.0. The molecule has 1 aromatic rings. The van der Waals surface area contributed by atoms with Crippen molar-refractivity contribution in [2.75, 3.05) is 13.2 Å². The van der Waals surface area contributed by atoms with Gasteiger partial charge < -0.3 is 9.84 Å². The fourth-order valence-corrected chi connectivity index (χ4v) is 3.17. The number of halogens is 1. The maximum Gasteiger partial charge on any atom is 0.322 e. The van der Waals surface area contributed by atoms with Crippen molar-refractivity contribution in [3.8, 4) is 0 Å². The van der Waals surface area contributed by atoms with Crippen LogP contribution < -0.4 is 4.72 Å². The van der Waals surface area contributed by atoms with Crippen LogP contribution >= 0.6 is 0 Å². The third-order valence-corrected chi connectivity index (χ3v) is 4.38. The summed E-state index contributed by atoms with van der Waals surface area (Å²) in [5, 5.41) is 9.13. The largest absolute Gasteiger partial charge is 0.480 e. The number of sulfonamides is 1. The van der Waals surface area contributed by atoms with Crippen molar-refractivity contribution >= 4 is 16.0 Å². The summed E-state index contributed by atoms with van der Waals surface area (Å²) in [4.78, 5) is 14.2. The maximum absolute atomic E-state index is 13.0. The highest BCUT2D eigenvalue weighted by molar-refractivity contribution is 7.89. The van der Waals surface area contributed by atoms with Crippen LogP contribution in [0.15, 0.2) is 23.4 Å². The van der Waals surface area contributed by atoms with E-state index in [0.29, 0.717) is 13.0 Å². The van der Waals surface area contributed by atoms with Crippen LogP contribution in [0.3, 0.4) is 0 Å². The molecule has 2 rings (SSSR count). The van der Waals surface area contributed by atoms with Crippen LogP contribution in [0.4, 0.5) is 4.39 Å². The average Bonchev–Trinajstić information content (AvgIpc) is 2.89. The van der Waals surface area contributed by atoms with Gasteiger partial charge in [-0.05, 0) is 12.5 Å². The van der Waals surface area contributed by atoms with Crippen molar-refractivity contribution in [1.82, 2.24) is 9.71 Å². The second-order valence-corrected chi connectivity index (χ2v) is 6.11. The lowest BCUT2D eigenvalue weighted by Crippen LogP contribution is -2.46. The molecule has 2 heterocycles. The Kier molecular flexibility index (Phi) is 4.31. The molecule has 7 nitrogen and oxygen atoms in total. The molecule has 0 amide bonds. The first-order valence-corrected chi connectivity index (χ1v) is 7.32. The summed E-state index contributed by atoms with van der Waals surface area (Å²) in [6.45, 7) is 0.554. The van der Waals surface area contributed by atoms with Crippen molar-refractivity contribution in [3.63, 3.8) is 0 Å². The molecule has 110 valence electrons. The van der Waals surface area contributed by atoms with Gasteiger partial charge in [-0.2, -0.15) is 4.72 Å². The van der Waals surface area contributed by atoms with Crippen molar-refractivity contribution < 1.29 is 27.4 Å². The molecule has 0 aliphatic carbocycles. The molecule has 20 heavy (non-hydrogen) atoms. The number of pyridine rings is 1.